The quantitative estimate of drug-likeness (QED) is 0.167. The van der Waals surface area contributed by atoms with E-state index in [1.807, 2.05) is 25.1 Å². The topological polar surface area (TPSA) is 39.4 Å². The number of hydrogen-bond donors (Lipinski definition) is 0. The third kappa shape index (κ3) is 5.50. The molecule has 3 heterocycles. The largest absolute Gasteiger partial charge is 0.459 e. The van der Waals surface area contributed by atoms with Crippen LogP contribution in [0.1, 0.15) is 71.2 Å². The summed E-state index contributed by atoms with van der Waals surface area (Å²) in [5, 5.41) is 8.03. The highest BCUT2D eigenvalue weighted by Gasteiger charge is 2.28. The molecule has 2 atom stereocenters. The number of benzene rings is 7. The summed E-state index contributed by atoms with van der Waals surface area (Å²) in [6.45, 7) is 7.58. The molecule has 0 saturated carbocycles. The van der Waals surface area contributed by atoms with Crippen LogP contribution in [-0.2, 0) is 6.42 Å². The van der Waals surface area contributed by atoms with Gasteiger partial charge in [0.2, 0.25) is 0 Å². The number of hydrogen-bond acceptors (Lipinski definition) is 3. The minimum absolute atomic E-state index is 0.177. The van der Waals surface area contributed by atoms with Gasteiger partial charge in [-0.1, -0.05) is 122 Å². The van der Waals surface area contributed by atoms with Gasteiger partial charge in [-0.15, -0.1) is 6.58 Å². The first-order chi connectivity index (χ1) is 30.1. The summed E-state index contributed by atoms with van der Waals surface area (Å²) in [6.07, 6.45) is 17.8. The van der Waals surface area contributed by atoms with Crippen LogP contribution in [0, 0.1) is 0 Å². The highest BCUT2D eigenvalue weighted by molar-refractivity contribution is 6.13. The Bertz CT molecular complexity index is 3650. The van der Waals surface area contributed by atoms with Gasteiger partial charge in [0.15, 0.2) is 0 Å². The minimum atomic E-state index is -0.177. The Kier molecular flexibility index (Phi) is 8.08. The Hall–Kier alpha value is -7.36. The van der Waals surface area contributed by atoms with Gasteiger partial charge in [0.25, 0.3) is 0 Å². The maximum absolute atomic E-state index is 6.73. The zero-order valence-corrected chi connectivity index (χ0v) is 34.2. The van der Waals surface area contributed by atoms with Crippen molar-refractivity contribution < 1.29 is 13.3 Å². The van der Waals surface area contributed by atoms with Gasteiger partial charge in [0, 0.05) is 38.2 Å². The van der Waals surface area contributed by atoms with Crippen molar-refractivity contribution in [3.05, 3.63) is 202 Å². The first-order valence-corrected chi connectivity index (χ1v) is 21.4. The predicted octanol–water partition coefficient (Wildman–Crippen LogP) is 14.6. The van der Waals surface area contributed by atoms with Crippen LogP contribution in [0.15, 0.2) is 165 Å². The monoisotopic (exact) mass is 786 g/mol. The van der Waals surface area contributed by atoms with Gasteiger partial charge in [-0.05, 0) is 135 Å². The molecule has 0 N–H and O–H groups in total. The van der Waals surface area contributed by atoms with Gasteiger partial charge >= 0.3 is 0 Å². The molecule has 0 spiro atoms. The van der Waals surface area contributed by atoms with Crippen LogP contribution in [0.4, 0.5) is 0 Å². The average molecular weight is 787 g/mol. The van der Waals surface area contributed by atoms with Gasteiger partial charge in [-0.3, -0.25) is 0 Å². The second-order valence-electron chi connectivity index (χ2n) is 16.6. The van der Waals surface area contributed by atoms with Gasteiger partial charge in [0.1, 0.15) is 33.5 Å². The van der Waals surface area contributed by atoms with E-state index in [-0.39, 0.29) is 5.92 Å². The molecule has 0 bridgehead atoms. The van der Waals surface area contributed by atoms with Gasteiger partial charge in [-0.25, -0.2) is 0 Å². The van der Waals surface area contributed by atoms with E-state index >= 15 is 0 Å². The lowest BCUT2D eigenvalue weighted by molar-refractivity contribution is 0.543. The van der Waals surface area contributed by atoms with Crippen molar-refractivity contribution in [1.82, 2.24) is 0 Å². The minimum Gasteiger partial charge on any atom is -0.459 e. The van der Waals surface area contributed by atoms with Gasteiger partial charge < -0.3 is 13.3 Å². The van der Waals surface area contributed by atoms with Crippen LogP contribution in [-0.4, -0.2) is 0 Å². The SMILES string of the molecule is C=CC.CC1C=Cc2c1c(-c1ccc3c(c1)C=CCC3)c1ccccc1c2-c1ccc2oc3ccc(C4C=c5oc6ccccc6c5=Cc5c4oc4ccccc54)cc3c2c1. The van der Waals surface area contributed by atoms with Crippen molar-refractivity contribution in [2.24, 2.45) is 0 Å². The summed E-state index contributed by atoms with van der Waals surface area (Å²) in [5.74, 6) is 1.04. The Morgan fingerprint density at radius 1 is 0.607 bits per heavy atom. The maximum Gasteiger partial charge on any atom is 0.135 e. The molecule has 3 nitrogen and oxygen atoms in total. The smallest absolute Gasteiger partial charge is 0.135 e. The molecule has 0 saturated heterocycles. The number of fused-ring (bicyclic) bond motifs is 12. The first kappa shape index (κ1) is 35.6. The lowest BCUT2D eigenvalue weighted by Crippen LogP contribution is -2.20. The average Bonchev–Trinajstić information content (AvgIpc) is 4.04. The van der Waals surface area contributed by atoms with E-state index in [2.05, 4.69) is 159 Å². The molecule has 7 aromatic carbocycles. The first-order valence-electron chi connectivity index (χ1n) is 21.4. The zero-order chi connectivity index (χ0) is 40.8. The van der Waals surface area contributed by atoms with Crippen LogP contribution in [0.25, 0.3) is 101 Å². The highest BCUT2D eigenvalue weighted by Crippen LogP contribution is 2.50. The fourth-order valence-electron chi connectivity index (χ4n) is 10.3. The molecular formula is C58H42O3. The number of furan rings is 3. The van der Waals surface area contributed by atoms with E-state index in [1.54, 1.807) is 6.08 Å². The zero-order valence-electron chi connectivity index (χ0n) is 34.2. The molecule has 3 aliphatic carbocycles. The van der Waals surface area contributed by atoms with E-state index < -0.39 is 0 Å². The van der Waals surface area contributed by atoms with Crippen molar-refractivity contribution in [1.29, 1.82) is 0 Å². The number of rotatable bonds is 3. The number of allylic oxidation sites excluding steroid dienone is 3. The second-order valence-corrected chi connectivity index (χ2v) is 16.6. The van der Waals surface area contributed by atoms with Crippen LogP contribution >= 0.6 is 0 Å². The van der Waals surface area contributed by atoms with E-state index in [0.717, 1.165) is 84.2 Å². The molecule has 0 fully saturated rings. The third-order valence-electron chi connectivity index (χ3n) is 13.0. The summed E-state index contributed by atoms with van der Waals surface area (Å²) in [4.78, 5) is 0. The molecule has 0 radical (unpaired) electrons. The molecule has 3 aliphatic rings. The molecule has 10 aromatic rings. The van der Waals surface area contributed by atoms with Gasteiger partial charge in [0.05, 0.1) is 5.92 Å². The van der Waals surface area contributed by atoms with Crippen molar-refractivity contribution in [3.63, 3.8) is 0 Å². The molecule has 13 rings (SSSR count). The summed E-state index contributed by atoms with van der Waals surface area (Å²) < 4.78 is 19.8. The Morgan fingerprint density at radius 3 is 2.08 bits per heavy atom. The molecule has 61 heavy (non-hydrogen) atoms. The van der Waals surface area contributed by atoms with E-state index in [0.29, 0.717) is 5.92 Å². The number of aryl methyl sites for hydroxylation is 1. The van der Waals surface area contributed by atoms with Gasteiger partial charge in [-0.2, -0.15) is 0 Å². The molecule has 0 aliphatic heterocycles. The third-order valence-corrected chi connectivity index (χ3v) is 13.0. The normalized spacial score (nSPS) is 16.1. The molecule has 3 aromatic heterocycles. The molecule has 292 valence electrons. The maximum atomic E-state index is 6.73. The molecule has 2 unspecified atom stereocenters. The Morgan fingerprint density at radius 2 is 1.26 bits per heavy atom. The van der Waals surface area contributed by atoms with Crippen molar-refractivity contribution in [3.8, 4) is 22.3 Å². The summed E-state index contributed by atoms with van der Waals surface area (Å²) >= 11 is 0. The van der Waals surface area contributed by atoms with E-state index in [1.165, 1.54) is 55.3 Å². The highest BCUT2D eigenvalue weighted by atomic mass is 16.3. The molecule has 3 heteroatoms. The standard InChI is InChI=1S/C55H36O3.C3H6/c1-31-18-23-41-52(31)54(35-20-19-32-10-2-3-11-33(32)26-35)40-15-5-4-14-39(40)53(41)36-22-25-50-44(28-36)43-27-34(21-24-49(43)56-50)42-30-51-45(37-12-6-8-16-47(37)57-51)29-46-38-13-7-9-17-48(38)58-55(42)46;1-3-2/h3-9,11-31,42H,2,10H2,1H3;3H,1H2,2H3. The van der Waals surface area contributed by atoms with Crippen molar-refractivity contribution in [2.45, 2.75) is 38.5 Å². The summed E-state index contributed by atoms with van der Waals surface area (Å²) in [7, 11) is 0. The number of para-hydroxylation sites is 2. The lowest BCUT2D eigenvalue weighted by atomic mass is 9.81. The van der Waals surface area contributed by atoms with Crippen LogP contribution in [0.2, 0.25) is 0 Å². The van der Waals surface area contributed by atoms with Crippen molar-refractivity contribution in [2.75, 3.05) is 0 Å². The van der Waals surface area contributed by atoms with Crippen LogP contribution in [0.5, 0.6) is 0 Å². The fourth-order valence-corrected chi connectivity index (χ4v) is 10.3. The lowest BCUT2D eigenvalue weighted by Gasteiger charge is -2.22. The predicted molar refractivity (Wildman–Crippen MR) is 254 cm³/mol. The summed E-state index contributed by atoms with van der Waals surface area (Å²) in [6, 6.07) is 46.0. The molecule has 0 amide bonds. The Labute approximate surface area is 353 Å². The van der Waals surface area contributed by atoms with Crippen LogP contribution < -0.4 is 10.6 Å². The Balaban J connectivity index is 0.00000129. The summed E-state index contributed by atoms with van der Waals surface area (Å²) in [5.41, 5.74) is 17.2. The molecular weight excluding hydrogens is 745 g/mol. The van der Waals surface area contributed by atoms with Crippen LogP contribution in [0.3, 0.4) is 0 Å². The fraction of sp³-hybridized carbons (Fsp3) is 0.103. The van der Waals surface area contributed by atoms with E-state index in [4.69, 9.17) is 13.3 Å². The second kappa shape index (κ2) is 13.9. The van der Waals surface area contributed by atoms with E-state index in [9.17, 15) is 0 Å². The van der Waals surface area contributed by atoms with Crippen molar-refractivity contribution >= 4 is 79.0 Å².